The molecule has 0 aromatic heterocycles. The fourth-order valence-corrected chi connectivity index (χ4v) is 5.34. The molecule has 0 N–H and O–H groups in total. The summed E-state index contributed by atoms with van der Waals surface area (Å²) in [7, 11) is 2.48. The fraction of sp³-hybridized carbons (Fsp3) is 0.600. The number of benzene rings is 2. The van der Waals surface area contributed by atoms with Gasteiger partial charge in [-0.25, -0.2) is 0 Å². The van der Waals surface area contributed by atoms with E-state index in [1.54, 1.807) is 11.1 Å². The van der Waals surface area contributed by atoms with Crippen molar-refractivity contribution in [2.45, 2.75) is 119 Å². The van der Waals surface area contributed by atoms with Gasteiger partial charge in [-0.1, -0.05) is 118 Å². The van der Waals surface area contributed by atoms with Gasteiger partial charge in [0.1, 0.15) is 0 Å². The second-order valence-corrected chi connectivity index (χ2v) is 11.2. The van der Waals surface area contributed by atoms with Gasteiger partial charge >= 0.3 is 0 Å². The van der Waals surface area contributed by atoms with Gasteiger partial charge in [0.05, 0.1) is 0 Å². The summed E-state index contributed by atoms with van der Waals surface area (Å²) in [6.07, 6.45) is 0. The van der Waals surface area contributed by atoms with Gasteiger partial charge in [-0.3, -0.25) is 0 Å². The predicted molar refractivity (Wildman–Crippen MR) is 142 cm³/mol. The number of rotatable bonds is 8. The molecule has 0 heterocycles. The summed E-state index contributed by atoms with van der Waals surface area (Å²) in [6, 6.07) is 9.54. The Morgan fingerprint density at radius 2 is 0.677 bits per heavy atom. The van der Waals surface area contributed by atoms with Crippen LogP contribution in [0.2, 0.25) is 0 Å². The Morgan fingerprint density at radius 1 is 0.387 bits per heavy atom. The molecule has 169 valence electrons. The average Bonchev–Trinajstić information content (AvgIpc) is 2.65. The molecule has 0 bridgehead atoms. The standard InChI is InChI=1S/C30H46B/c1-17(2)23-13-15-25(29(21(9)10)27(23)19(5)6)31-26-16-14-24(18(3)4)28(20(7)8)30(26)22(11)12/h13-22H,1-12H3. The molecule has 0 aliphatic rings. The largest absolute Gasteiger partial charge is 0.192 e. The number of hydrogen-bond donors (Lipinski definition) is 0. The van der Waals surface area contributed by atoms with Crippen molar-refractivity contribution in [3.63, 3.8) is 0 Å². The summed E-state index contributed by atoms with van der Waals surface area (Å²) in [5, 5.41) is 0. The fourth-order valence-electron chi connectivity index (χ4n) is 5.34. The summed E-state index contributed by atoms with van der Waals surface area (Å²) in [5.41, 5.74) is 12.0. The van der Waals surface area contributed by atoms with Crippen LogP contribution in [0.1, 0.15) is 152 Å². The Hall–Kier alpha value is -1.50. The van der Waals surface area contributed by atoms with Crippen molar-refractivity contribution in [1.82, 2.24) is 0 Å². The third-order valence-corrected chi connectivity index (χ3v) is 6.57. The summed E-state index contributed by atoms with van der Waals surface area (Å²) in [6.45, 7) is 28.1. The molecule has 0 amide bonds. The maximum absolute atomic E-state index is 2.48. The minimum atomic E-state index is 0.504. The Labute approximate surface area is 194 Å². The molecule has 0 fully saturated rings. The molecule has 0 nitrogen and oxygen atoms in total. The molecule has 0 aliphatic heterocycles. The molecular weight excluding hydrogens is 371 g/mol. The van der Waals surface area contributed by atoms with E-state index in [1.807, 2.05) is 0 Å². The zero-order chi connectivity index (χ0) is 23.6. The third kappa shape index (κ3) is 5.47. The molecule has 31 heavy (non-hydrogen) atoms. The van der Waals surface area contributed by atoms with Gasteiger partial charge < -0.3 is 0 Å². The zero-order valence-electron chi connectivity index (χ0n) is 22.4. The highest BCUT2D eigenvalue weighted by Gasteiger charge is 2.24. The first-order valence-corrected chi connectivity index (χ1v) is 12.6. The van der Waals surface area contributed by atoms with E-state index in [9.17, 15) is 0 Å². The third-order valence-electron chi connectivity index (χ3n) is 6.57. The Kier molecular flexibility index (Phi) is 8.65. The summed E-state index contributed by atoms with van der Waals surface area (Å²) >= 11 is 0. The second kappa shape index (κ2) is 10.4. The number of hydrogen-bond acceptors (Lipinski definition) is 0. The van der Waals surface area contributed by atoms with Crippen LogP contribution < -0.4 is 10.9 Å². The van der Waals surface area contributed by atoms with E-state index >= 15 is 0 Å². The highest BCUT2D eigenvalue weighted by atomic mass is 14.2. The summed E-state index contributed by atoms with van der Waals surface area (Å²) < 4.78 is 0. The van der Waals surface area contributed by atoms with Gasteiger partial charge in [0.25, 0.3) is 0 Å². The highest BCUT2D eigenvalue weighted by Crippen LogP contribution is 2.34. The monoisotopic (exact) mass is 417 g/mol. The van der Waals surface area contributed by atoms with Gasteiger partial charge in [0.15, 0.2) is 7.28 Å². The molecule has 0 spiro atoms. The van der Waals surface area contributed by atoms with Crippen LogP contribution in [-0.2, 0) is 0 Å². The molecule has 2 rings (SSSR count). The summed E-state index contributed by atoms with van der Waals surface area (Å²) in [5.74, 6) is 3.17. The summed E-state index contributed by atoms with van der Waals surface area (Å²) in [4.78, 5) is 0. The SMILES string of the molecule is CC(C)c1ccc([B]c2ccc(C(C)C)c(C(C)C)c2C(C)C)c(C(C)C)c1C(C)C. The predicted octanol–water partition coefficient (Wildman–Crippen LogP) is 8.08. The molecule has 0 unspecified atom stereocenters. The Morgan fingerprint density at radius 3 is 0.903 bits per heavy atom. The van der Waals surface area contributed by atoms with E-state index in [1.165, 1.54) is 33.2 Å². The minimum Gasteiger partial charge on any atom is -0.0777 e. The van der Waals surface area contributed by atoms with Gasteiger partial charge in [0.2, 0.25) is 0 Å². The van der Waals surface area contributed by atoms with Crippen LogP contribution in [0.25, 0.3) is 0 Å². The van der Waals surface area contributed by atoms with E-state index in [4.69, 9.17) is 0 Å². The van der Waals surface area contributed by atoms with Crippen molar-refractivity contribution in [3.05, 3.63) is 57.6 Å². The molecule has 0 saturated carbocycles. The van der Waals surface area contributed by atoms with Crippen molar-refractivity contribution in [3.8, 4) is 0 Å². The van der Waals surface area contributed by atoms with Crippen LogP contribution in [0.5, 0.6) is 0 Å². The van der Waals surface area contributed by atoms with E-state index in [0.29, 0.717) is 35.5 Å². The lowest BCUT2D eigenvalue weighted by atomic mass is 9.56. The topological polar surface area (TPSA) is 0 Å². The van der Waals surface area contributed by atoms with Crippen LogP contribution in [0, 0.1) is 0 Å². The van der Waals surface area contributed by atoms with Crippen LogP contribution in [0.4, 0.5) is 0 Å². The van der Waals surface area contributed by atoms with Crippen molar-refractivity contribution in [2.75, 3.05) is 0 Å². The lowest BCUT2D eigenvalue weighted by Crippen LogP contribution is -2.35. The van der Waals surface area contributed by atoms with Crippen LogP contribution in [0.15, 0.2) is 24.3 Å². The smallest absolute Gasteiger partial charge is 0.0777 e. The Balaban J connectivity index is 2.77. The first-order valence-electron chi connectivity index (χ1n) is 12.6. The lowest BCUT2D eigenvalue weighted by molar-refractivity contribution is 0.751. The normalized spacial score (nSPS) is 12.3. The quantitative estimate of drug-likeness (QED) is 0.381. The van der Waals surface area contributed by atoms with Crippen molar-refractivity contribution in [2.24, 2.45) is 0 Å². The molecule has 0 aliphatic carbocycles. The lowest BCUT2D eigenvalue weighted by Gasteiger charge is -2.28. The van der Waals surface area contributed by atoms with Gasteiger partial charge in [-0.15, -0.1) is 0 Å². The second-order valence-electron chi connectivity index (χ2n) is 11.2. The van der Waals surface area contributed by atoms with Gasteiger partial charge in [-0.2, -0.15) is 0 Å². The van der Waals surface area contributed by atoms with Crippen molar-refractivity contribution < 1.29 is 0 Å². The average molecular weight is 418 g/mol. The van der Waals surface area contributed by atoms with Crippen LogP contribution in [0.3, 0.4) is 0 Å². The Bertz CT molecular complexity index is 808. The maximum atomic E-state index is 2.48. The first kappa shape index (κ1) is 25.8. The molecule has 0 saturated heterocycles. The molecule has 1 heteroatoms. The van der Waals surface area contributed by atoms with E-state index < -0.39 is 0 Å². The van der Waals surface area contributed by atoms with Gasteiger partial charge in [-0.05, 0) is 68.9 Å². The maximum Gasteiger partial charge on any atom is 0.192 e. The molecule has 2 aromatic carbocycles. The van der Waals surface area contributed by atoms with Crippen LogP contribution in [-0.4, -0.2) is 7.28 Å². The molecule has 0 atom stereocenters. The first-order chi connectivity index (χ1) is 14.4. The van der Waals surface area contributed by atoms with Crippen molar-refractivity contribution in [1.29, 1.82) is 0 Å². The minimum absolute atomic E-state index is 0.504. The molecule has 2 aromatic rings. The zero-order valence-corrected chi connectivity index (χ0v) is 22.4. The molecular formula is C30H46B. The van der Waals surface area contributed by atoms with Crippen molar-refractivity contribution >= 4 is 18.2 Å². The van der Waals surface area contributed by atoms with Crippen LogP contribution >= 0.6 is 0 Å². The van der Waals surface area contributed by atoms with Gasteiger partial charge in [0, 0.05) is 0 Å². The van der Waals surface area contributed by atoms with E-state index in [-0.39, 0.29) is 0 Å². The van der Waals surface area contributed by atoms with E-state index in [2.05, 4.69) is 115 Å². The van der Waals surface area contributed by atoms with E-state index in [0.717, 1.165) is 0 Å². The molecule has 1 radical (unpaired) electrons. The highest BCUT2D eigenvalue weighted by molar-refractivity contribution is 6.68.